The summed E-state index contributed by atoms with van der Waals surface area (Å²) in [4.78, 5) is 31.0. The molecule has 3 saturated heterocycles. The molecule has 9 heteroatoms. The van der Waals surface area contributed by atoms with E-state index in [-0.39, 0.29) is 18.6 Å². The van der Waals surface area contributed by atoms with Gasteiger partial charge >= 0.3 is 0 Å². The lowest BCUT2D eigenvalue weighted by molar-refractivity contribution is -0.160. The standard InChI is InChI=1S/C22H26N4O4S/c1-20(12-23)11-22-19(28)25(9-5-8-24(3)4)21(2,31-22)18(27)26(22)17(20)14-6-7-15-16(10-14)30-13-29-15/h6-7,10,17H,5,8-9,11,13H2,1-4H3/t17-,20+,21?,22?/m0/s1. The van der Waals surface area contributed by atoms with Gasteiger partial charge < -0.3 is 24.2 Å². The molecular formula is C22H26N4O4S. The number of nitrogens with zero attached hydrogens (tertiary/aromatic N) is 4. The van der Waals surface area contributed by atoms with Crippen LogP contribution in [0.4, 0.5) is 0 Å². The highest BCUT2D eigenvalue weighted by Crippen LogP contribution is 2.69. The van der Waals surface area contributed by atoms with Crippen molar-refractivity contribution in [3.8, 4) is 17.6 Å². The summed E-state index contributed by atoms with van der Waals surface area (Å²) in [5.74, 6) is 1.10. The van der Waals surface area contributed by atoms with Crippen LogP contribution in [-0.2, 0) is 9.59 Å². The molecule has 2 unspecified atom stereocenters. The van der Waals surface area contributed by atoms with Gasteiger partial charge in [0.25, 0.3) is 11.8 Å². The van der Waals surface area contributed by atoms with E-state index in [1.165, 1.54) is 11.8 Å². The molecule has 0 radical (unpaired) electrons. The molecule has 0 N–H and O–H groups in total. The molecule has 2 bridgehead atoms. The van der Waals surface area contributed by atoms with E-state index in [0.717, 1.165) is 18.5 Å². The Morgan fingerprint density at radius 2 is 1.97 bits per heavy atom. The third kappa shape index (κ3) is 2.58. The number of piperazine rings is 1. The van der Waals surface area contributed by atoms with Crippen LogP contribution in [-0.4, -0.2) is 70.2 Å². The summed E-state index contributed by atoms with van der Waals surface area (Å²) in [7, 11) is 3.98. The van der Waals surface area contributed by atoms with Crippen molar-refractivity contribution < 1.29 is 19.1 Å². The average molecular weight is 443 g/mol. The van der Waals surface area contributed by atoms with E-state index in [9.17, 15) is 14.9 Å². The van der Waals surface area contributed by atoms with Crippen LogP contribution in [0.15, 0.2) is 18.2 Å². The van der Waals surface area contributed by atoms with Gasteiger partial charge in [-0.15, -0.1) is 0 Å². The highest BCUT2D eigenvalue weighted by Gasteiger charge is 2.79. The molecule has 4 aliphatic rings. The maximum Gasteiger partial charge on any atom is 0.261 e. The van der Waals surface area contributed by atoms with Gasteiger partial charge in [0.2, 0.25) is 6.79 Å². The van der Waals surface area contributed by atoms with Crippen molar-refractivity contribution in [2.75, 3.05) is 34.0 Å². The van der Waals surface area contributed by atoms with E-state index in [1.54, 1.807) is 9.80 Å². The van der Waals surface area contributed by atoms with E-state index in [2.05, 4.69) is 11.0 Å². The number of amides is 2. The topological polar surface area (TPSA) is 86.1 Å². The van der Waals surface area contributed by atoms with Crippen LogP contribution in [0.5, 0.6) is 11.5 Å². The lowest BCUT2D eigenvalue weighted by Crippen LogP contribution is -2.62. The number of benzene rings is 1. The first kappa shape index (κ1) is 20.5. The zero-order valence-corrected chi connectivity index (χ0v) is 19.0. The van der Waals surface area contributed by atoms with Crippen LogP contribution < -0.4 is 9.47 Å². The summed E-state index contributed by atoms with van der Waals surface area (Å²) in [6, 6.07) is 7.43. The van der Waals surface area contributed by atoms with Crippen LogP contribution >= 0.6 is 11.8 Å². The van der Waals surface area contributed by atoms with Gasteiger partial charge in [0.1, 0.15) is 0 Å². The fourth-order valence-electron chi connectivity index (χ4n) is 5.49. The lowest BCUT2D eigenvalue weighted by Gasteiger charge is -2.41. The first-order chi connectivity index (χ1) is 14.7. The SMILES string of the molecule is CN(C)CCCN1C(=O)C23C[C@](C)(C#N)[C@H](c4ccc5c(c4)OCO5)N2C(=O)C1(C)S3. The number of fused-ring (bicyclic) bond motifs is 2. The summed E-state index contributed by atoms with van der Waals surface area (Å²) < 4.78 is 10.9. The molecule has 4 aliphatic heterocycles. The van der Waals surface area contributed by atoms with E-state index in [4.69, 9.17) is 9.47 Å². The van der Waals surface area contributed by atoms with Crippen LogP contribution in [0, 0.1) is 16.7 Å². The highest BCUT2D eigenvalue weighted by atomic mass is 32.2. The normalized spacial score (nSPS) is 35.3. The van der Waals surface area contributed by atoms with Gasteiger partial charge in [0.05, 0.1) is 17.5 Å². The fraction of sp³-hybridized carbons (Fsp3) is 0.591. The zero-order valence-electron chi connectivity index (χ0n) is 18.2. The molecule has 0 aliphatic carbocycles. The minimum absolute atomic E-state index is 0.0527. The molecule has 0 aromatic heterocycles. The highest BCUT2D eigenvalue weighted by molar-refractivity contribution is 8.04. The Kier molecular flexibility index (Phi) is 4.31. The first-order valence-corrected chi connectivity index (χ1v) is 11.3. The number of thioether (sulfide) groups is 1. The van der Waals surface area contributed by atoms with E-state index < -0.39 is 21.2 Å². The quantitative estimate of drug-likeness (QED) is 0.691. The van der Waals surface area contributed by atoms with Crippen molar-refractivity contribution in [3.63, 3.8) is 0 Å². The minimum Gasteiger partial charge on any atom is -0.454 e. The van der Waals surface area contributed by atoms with E-state index in [0.29, 0.717) is 24.5 Å². The predicted molar refractivity (Wildman–Crippen MR) is 114 cm³/mol. The third-order valence-electron chi connectivity index (χ3n) is 6.89. The molecule has 4 heterocycles. The zero-order chi connectivity index (χ0) is 22.2. The Balaban J connectivity index is 1.54. The van der Waals surface area contributed by atoms with Gasteiger partial charge in [-0.2, -0.15) is 5.26 Å². The molecule has 5 rings (SSSR count). The number of rotatable bonds is 5. The second-order valence-electron chi connectivity index (χ2n) is 9.38. The van der Waals surface area contributed by atoms with Crippen LogP contribution in [0.25, 0.3) is 0 Å². The Labute approximate surface area is 186 Å². The second kappa shape index (κ2) is 6.53. The summed E-state index contributed by atoms with van der Waals surface area (Å²) in [5.41, 5.74) is -0.102. The maximum atomic E-state index is 13.8. The maximum absolute atomic E-state index is 13.8. The van der Waals surface area contributed by atoms with Crippen molar-refractivity contribution in [2.45, 2.75) is 42.5 Å². The van der Waals surface area contributed by atoms with Crippen molar-refractivity contribution in [2.24, 2.45) is 5.41 Å². The number of nitriles is 1. The van der Waals surface area contributed by atoms with Gasteiger partial charge in [0, 0.05) is 13.0 Å². The van der Waals surface area contributed by atoms with Gasteiger partial charge in [-0.05, 0) is 58.6 Å². The van der Waals surface area contributed by atoms with Crippen molar-refractivity contribution in [1.82, 2.24) is 14.7 Å². The van der Waals surface area contributed by atoms with E-state index in [1.807, 2.05) is 46.1 Å². The van der Waals surface area contributed by atoms with Crippen molar-refractivity contribution in [3.05, 3.63) is 23.8 Å². The Morgan fingerprint density at radius 3 is 2.68 bits per heavy atom. The fourth-order valence-corrected chi connectivity index (χ4v) is 7.48. The molecule has 2 amide bonds. The van der Waals surface area contributed by atoms with Crippen molar-refractivity contribution >= 4 is 23.6 Å². The second-order valence-corrected chi connectivity index (χ2v) is 11.1. The number of ether oxygens (including phenoxy) is 2. The third-order valence-corrected chi connectivity index (χ3v) is 8.54. The molecule has 0 saturated carbocycles. The Morgan fingerprint density at radius 1 is 1.23 bits per heavy atom. The molecule has 1 aromatic carbocycles. The lowest BCUT2D eigenvalue weighted by atomic mass is 9.79. The summed E-state index contributed by atoms with van der Waals surface area (Å²) in [6.07, 6.45) is 1.10. The molecule has 1 spiro atoms. The monoisotopic (exact) mass is 442 g/mol. The van der Waals surface area contributed by atoms with Gasteiger partial charge in [-0.3, -0.25) is 9.59 Å². The molecule has 8 nitrogen and oxygen atoms in total. The average Bonchev–Trinajstić information content (AvgIpc) is 3.39. The summed E-state index contributed by atoms with van der Waals surface area (Å²) >= 11 is 1.41. The number of carbonyl (C=O) groups excluding carboxylic acids is 2. The minimum atomic E-state index is -1.03. The van der Waals surface area contributed by atoms with Gasteiger partial charge in [-0.1, -0.05) is 17.8 Å². The number of hydrogen-bond donors (Lipinski definition) is 0. The first-order valence-electron chi connectivity index (χ1n) is 10.5. The molecular weight excluding hydrogens is 416 g/mol. The smallest absolute Gasteiger partial charge is 0.261 e. The van der Waals surface area contributed by atoms with Crippen LogP contribution in [0.3, 0.4) is 0 Å². The van der Waals surface area contributed by atoms with Gasteiger partial charge in [0.15, 0.2) is 21.2 Å². The number of hydrogen-bond acceptors (Lipinski definition) is 7. The Bertz CT molecular complexity index is 1030. The number of carbonyl (C=O) groups is 2. The Hall–Kier alpha value is -2.44. The largest absolute Gasteiger partial charge is 0.454 e. The van der Waals surface area contributed by atoms with Crippen LogP contribution in [0.2, 0.25) is 0 Å². The summed E-state index contributed by atoms with van der Waals surface area (Å²) in [5, 5.41) is 10.2. The molecule has 164 valence electrons. The summed E-state index contributed by atoms with van der Waals surface area (Å²) in [6.45, 7) is 5.22. The van der Waals surface area contributed by atoms with Gasteiger partial charge in [-0.25, -0.2) is 0 Å². The molecule has 3 fully saturated rings. The molecule has 1 aromatic rings. The van der Waals surface area contributed by atoms with Crippen LogP contribution in [0.1, 0.15) is 38.3 Å². The predicted octanol–water partition coefficient (Wildman–Crippen LogP) is 2.17. The molecule has 31 heavy (non-hydrogen) atoms. The van der Waals surface area contributed by atoms with E-state index >= 15 is 0 Å². The van der Waals surface area contributed by atoms with Crippen molar-refractivity contribution in [1.29, 1.82) is 5.26 Å². The molecule has 4 atom stereocenters.